The van der Waals surface area contributed by atoms with Gasteiger partial charge < -0.3 is 9.97 Å². The van der Waals surface area contributed by atoms with E-state index in [-0.39, 0.29) is 5.56 Å². The molecule has 0 bridgehead atoms. The molecule has 2 aromatic rings. The fourth-order valence-corrected chi connectivity index (χ4v) is 1.06. The number of carbonyl (C=O) groups excluding carboxylic acids is 1. The van der Waals surface area contributed by atoms with Crippen LogP contribution in [0.4, 0.5) is 0 Å². The fourth-order valence-electron chi connectivity index (χ4n) is 1.06. The van der Waals surface area contributed by atoms with Gasteiger partial charge in [0.1, 0.15) is 11.0 Å². The summed E-state index contributed by atoms with van der Waals surface area (Å²) >= 11 is 0. The molecule has 0 saturated carbocycles. The van der Waals surface area contributed by atoms with Crippen molar-refractivity contribution in [3.05, 3.63) is 28.4 Å². The van der Waals surface area contributed by atoms with Crippen LogP contribution in [-0.4, -0.2) is 21.2 Å². The first-order valence-electron chi connectivity index (χ1n) is 3.33. The molecule has 12 heavy (non-hydrogen) atoms. The second kappa shape index (κ2) is 2.30. The minimum absolute atomic E-state index is 0.270. The van der Waals surface area contributed by atoms with Crippen LogP contribution >= 0.6 is 0 Å². The van der Waals surface area contributed by atoms with Crippen LogP contribution in [0.3, 0.4) is 0 Å². The number of hydrogen-bond acceptors (Lipinski definition) is 3. The Balaban J connectivity index is 2.98. The van der Waals surface area contributed by atoms with E-state index < -0.39 is 0 Å². The van der Waals surface area contributed by atoms with Crippen LogP contribution in [-0.2, 0) is 0 Å². The second-order valence-corrected chi connectivity index (χ2v) is 2.32. The molecule has 0 fully saturated rings. The molecule has 5 nitrogen and oxygen atoms in total. The molecule has 0 aliphatic carbocycles. The normalized spacial score (nSPS) is 10.3. The summed E-state index contributed by atoms with van der Waals surface area (Å²) in [6.45, 7) is 0. The lowest BCUT2D eigenvalue weighted by molar-refractivity contribution is 0.112. The van der Waals surface area contributed by atoms with Gasteiger partial charge in [0.25, 0.3) is 5.56 Å². The van der Waals surface area contributed by atoms with Crippen LogP contribution in [0.5, 0.6) is 0 Å². The van der Waals surface area contributed by atoms with Crippen molar-refractivity contribution in [3.63, 3.8) is 0 Å². The Morgan fingerprint density at radius 2 is 2.25 bits per heavy atom. The Hall–Kier alpha value is -1.91. The Kier molecular flexibility index (Phi) is 1.30. The molecule has 0 unspecified atom stereocenters. The largest absolute Gasteiger partial charge is 0.355 e. The van der Waals surface area contributed by atoms with Crippen LogP contribution < -0.4 is 5.56 Å². The molecule has 2 aromatic heterocycles. The topological polar surface area (TPSA) is 78.6 Å². The van der Waals surface area contributed by atoms with Crippen molar-refractivity contribution in [1.82, 2.24) is 15.0 Å². The van der Waals surface area contributed by atoms with Gasteiger partial charge >= 0.3 is 0 Å². The van der Waals surface area contributed by atoms with Crippen molar-refractivity contribution in [3.8, 4) is 0 Å². The molecule has 0 radical (unpaired) electrons. The molecule has 0 spiro atoms. The van der Waals surface area contributed by atoms with Gasteiger partial charge in [0.05, 0.1) is 11.9 Å². The molecular weight excluding hydrogens is 158 g/mol. The lowest BCUT2D eigenvalue weighted by Crippen LogP contribution is -2.05. The molecule has 0 aliphatic heterocycles. The van der Waals surface area contributed by atoms with Crippen LogP contribution in [0.2, 0.25) is 0 Å². The molecule has 0 aliphatic rings. The number of H-pyrrole nitrogens is 2. The van der Waals surface area contributed by atoms with Crippen molar-refractivity contribution in [2.75, 3.05) is 0 Å². The van der Waals surface area contributed by atoms with Crippen molar-refractivity contribution < 1.29 is 4.79 Å². The van der Waals surface area contributed by atoms with Crippen LogP contribution in [0.15, 0.2) is 17.3 Å². The SMILES string of the molecule is O=Cc1c[nH]c2c(=O)[nH]cnc12. The highest BCUT2D eigenvalue weighted by molar-refractivity contribution is 5.93. The third-order valence-electron chi connectivity index (χ3n) is 1.63. The van der Waals surface area contributed by atoms with E-state index >= 15 is 0 Å². The average molecular weight is 163 g/mol. The summed E-state index contributed by atoms with van der Waals surface area (Å²) < 4.78 is 0. The van der Waals surface area contributed by atoms with E-state index in [0.717, 1.165) is 0 Å². The van der Waals surface area contributed by atoms with E-state index in [4.69, 9.17) is 0 Å². The van der Waals surface area contributed by atoms with Crippen molar-refractivity contribution >= 4 is 17.3 Å². The van der Waals surface area contributed by atoms with Gasteiger partial charge in [-0.25, -0.2) is 4.98 Å². The maximum Gasteiger partial charge on any atom is 0.275 e. The van der Waals surface area contributed by atoms with E-state index in [2.05, 4.69) is 15.0 Å². The Labute approximate surface area is 66.4 Å². The van der Waals surface area contributed by atoms with Crippen LogP contribution in [0, 0.1) is 0 Å². The van der Waals surface area contributed by atoms with Gasteiger partial charge in [-0.1, -0.05) is 0 Å². The summed E-state index contributed by atoms with van der Waals surface area (Å²) in [4.78, 5) is 30.4. The summed E-state index contributed by atoms with van der Waals surface area (Å²) in [5, 5.41) is 0. The monoisotopic (exact) mass is 163 g/mol. The number of aromatic nitrogens is 3. The zero-order valence-electron chi connectivity index (χ0n) is 6.00. The van der Waals surface area contributed by atoms with Crippen molar-refractivity contribution in [2.24, 2.45) is 0 Å². The quantitative estimate of drug-likeness (QED) is 0.583. The van der Waals surface area contributed by atoms with Gasteiger partial charge in [-0.3, -0.25) is 9.59 Å². The molecule has 60 valence electrons. The minimum Gasteiger partial charge on any atom is -0.355 e. The maximum atomic E-state index is 11.1. The van der Waals surface area contributed by atoms with E-state index in [1.54, 1.807) is 0 Å². The highest BCUT2D eigenvalue weighted by atomic mass is 16.1. The molecule has 2 N–H and O–H groups in total. The van der Waals surface area contributed by atoms with Gasteiger partial charge in [0, 0.05) is 6.20 Å². The lowest BCUT2D eigenvalue weighted by atomic mass is 10.3. The maximum absolute atomic E-state index is 11.1. The predicted octanol–water partition coefficient (Wildman–Crippen LogP) is 0.0637. The molecule has 0 saturated heterocycles. The molecule has 0 aromatic carbocycles. The number of rotatable bonds is 1. The van der Waals surface area contributed by atoms with Crippen LogP contribution in [0.1, 0.15) is 10.4 Å². The van der Waals surface area contributed by atoms with Gasteiger partial charge in [-0.15, -0.1) is 0 Å². The van der Waals surface area contributed by atoms with Gasteiger partial charge in [-0.2, -0.15) is 0 Å². The Morgan fingerprint density at radius 1 is 1.42 bits per heavy atom. The third kappa shape index (κ3) is 0.763. The summed E-state index contributed by atoms with van der Waals surface area (Å²) in [5.41, 5.74) is 0.873. The first-order valence-corrected chi connectivity index (χ1v) is 3.33. The fraction of sp³-hybridized carbons (Fsp3) is 0. The predicted molar refractivity (Wildman–Crippen MR) is 42.1 cm³/mol. The third-order valence-corrected chi connectivity index (χ3v) is 1.63. The first kappa shape index (κ1) is 6.78. The van der Waals surface area contributed by atoms with Gasteiger partial charge in [-0.05, 0) is 0 Å². The number of nitrogens with zero attached hydrogens (tertiary/aromatic N) is 1. The highest BCUT2D eigenvalue weighted by Crippen LogP contribution is 2.07. The number of hydrogen-bond donors (Lipinski definition) is 2. The second-order valence-electron chi connectivity index (χ2n) is 2.32. The summed E-state index contributed by atoms with van der Waals surface area (Å²) in [6, 6.07) is 0. The number of aromatic amines is 2. The van der Waals surface area contributed by atoms with Crippen LogP contribution in [0.25, 0.3) is 11.0 Å². The van der Waals surface area contributed by atoms with Crippen molar-refractivity contribution in [1.29, 1.82) is 0 Å². The Morgan fingerprint density at radius 3 is 3.00 bits per heavy atom. The van der Waals surface area contributed by atoms with E-state index in [1.807, 2.05) is 0 Å². The zero-order chi connectivity index (χ0) is 8.55. The molecular formula is C7H5N3O2. The Bertz CT molecular complexity index is 483. The molecule has 2 rings (SSSR count). The molecule has 0 amide bonds. The number of nitrogens with one attached hydrogen (secondary N) is 2. The summed E-state index contributed by atoms with van der Waals surface area (Å²) in [5.74, 6) is 0. The molecule has 5 heteroatoms. The van der Waals surface area contributed by atoms with E-state index in [9.17, 15) is 9.59 Å². The molecule has 0 atom stereocenters. The smallest absolute Gasteiger partial charge is 0.275 e. The number of fused-ring (bicyclic) bond motifs is 1. The van der Waals surface area contributed by atoms with Gasteiger partial charge in [0.15, 0.2) is 6.29 Å². The lowest BCUT2D eigenvalue weighted by Gasteiger charge is -1.85. The van der Waals surface area contributed by atoms with Gasteiger partial charge in [0.2, 0.25) is 0 Å². The van der Waals surface area contributed by atoms with E-state index in [0.29, 0.717) is 22.9 Å². The van der Waals surface area contributed by atoms with Crippen molar-refractivity contribution in [2.45, 2.75) is 0 Å². The average Bonchev–Trinajstić information content (AvgIpc) is 2.49. The first-order chi connectivity index (χ1) is 5.83. The van der Waals surface area contributed by atoms with E-state index in [1.165, 1.54) is 12.5 Å². The zero-order valence-corrected chi connectivity index (χ0v) is 6.00. The minimum atomic E-state index is -0.270. The number of carbonyl (C=O) groups is 1. The molecule has 2 heterocycles. The highest BCUT2D eigenvalue weighted by Gasteiger charge is 2.05. The summed E-state index contributed by atoms with van der Waals surface area (Å²) in [6.07, 6.45) is 3.39. The standard InChI is InChI=1S/C7H5N3O2/c11-2-4-1-8-6-5(4)9-3-10-7(6)12/h1-3,8H,(H,9,10,12). The summed E-state index contributed by atoms with van der Waals surface area (Å²) in [7, 11) is 0. The number of aldehydes is 1.